The summed E-state index contributed by atoms with van der Waals surface area (Å²) in [6.07, 6.45) is -0.181. The number of carboxylic acid groups (broad SMARTS) is 1. The standard InChI is InChI=1S/C12H9BrFNO3S/c13-7-1-2-9(14)8(5-7)10-6-19-12(18)15(10)4-3-11(16)17/h1-2,5-6H,3-4H2,(H,16,17). The quantitative estimate of drug-likeness (QED) is 0.926. The van der Waals surface area contributed by atoms with Crippen LogP contribution >= 0.6 is 27.3 Å². The molecule has 0 bridgehead atoms. The third-order valence-electron chi connectivity index (χ3n) is 2.54. The third-order valence-corrected chi connectivity index (χ3v) is 3.79. The lowest BCUT2D eigenvalue weighted by Crippen LogP contribution is -2.16. The van der Waals surface area contributed by atoms with Crippen molar-refractivity contribution in [3.63, 3.8) is 0 Å². The molecule has 2 aromatic rings. The molecular formula is C12H9BrFNO3S. The Bertz CT molecular complexity index is 680. The molecule has 4 nitrogen and oxygen atoms in total. The molecule has 1 N–H and O–H groups in total. The first kappa shape index (κ1) is 14.0. The molecule has 1 heterocycles. The van der Waals surface area contributed by atoms with Crippen molar-refractivity contribution < 1.29 is 14.3 Å². The van der Waals surface area contributed by atoms with Gasteiger partial charge < -0.3 is 5.11 Å². The average Bonchev–Trinajstić information content (AvgIpc) is 2.71. The summed E-state index contributed by atoms with van der Waals surface area (Å²) >= 11 is 4.17. The molecule has 0 saturated heterocycles. The van der Waals surface area contributed by atoms with E-state index in [4.69, 9.17) is 5.11 Å². The Morgan fingerprint density at radius 3 is 2.89 bits per heavy atom. The number of rotatable bonds is 4. The molecule has 100 valence electrons. The molecule has 0 saturated carbocycles. The fraction of sp³-hybridized carbons (Fsp3) is 0.167. The van der Waals surface area contributed by atoms with Crippen LogP contribution in [0.15, 0.2) is 32.8 Å². The number of hydrogen-bond acceptors (Lipinski definition) is 3. The van der Waals surface area contributed by atoms with Gasteiger partial charge in [0.1, 0.15) is 5.82 Å². The van der Waals surface area contributed by atoms with Crippen LogP contribution in [0.2, 0.25) is 0 Å². The van der Waals surface area contributed by atoms with Crippen LogP contribution in [0, 0.1) is 5.82 Å². The number of aromatic nitrogens is 1. The molecule has 0 spiro atoms. The van der Waals surface area contributed by atoms with E-state index in [0.717, 1.165) is 11.3 Å². The van der Waals surface area contributed by atoms with Gasteiger partial charge >= 0.3 is 10.8 Å². The number of halogens is 2. The molecule has 1 aromatic heterocycles. The van der Waals surface area contributed by atoms with E-state index in [-0.39, 0.29) is 23.4 Å². The second-order valence-corrected chi connectivity index (χ2v) is 5.54. The van der Waals surface area contributed by atoms with Crippen molar-refractivity contribution in [1.82, 2.24) is 4.57 Å². The summed E-state index contributed by atoms with van der Waals surface area (Å²) in [4.78, 5) is 22.0. The summed E-state index contributed by atoms with van der Waals surface area (Å²) in [5.41, 5.74) is 0.674. The molecule has 1 aromatic carbocycles. The smallest absolute Gasteiger partial charge is 0.307 e. The van der Waals surface area contributed by atoms with Gasteiger partial charge in [0.05, 0.1) is 12.1 Å². The van der Waals surface area contributed by atoms with Gasteiger partial charge in [0, 0.05) is 22.0 Å². The second-order valence-electron chi connectivity index (χ2n) is 3.81. The lowest BCUT2D eigenvalue weighted by molar-refractivity contribution is -0.137. The van der Waals surface area contributed by atoms with Crippen molar-refractivity contribution >= 4 is 33.2 Å². The average molecular weight is 346 g/mol. The minimum Gasteiger partial charge on any atom is -0.481 e. The van der Waals surface area contributed by atoms with Crippen LogP contribution in [0.5, 0.6) is 0 Å². The van der Waals surface area contributed by atoms with Gasteiger partial charge in [-0.05, 0) is 18.2 Å². The molecular weight excluding hydrogens is 337 g/mol. The Labute approximate surface area is 120 Å². The van der Waals surface area contributed by atoms with Crippen LogP contribution in [0.25, 0.3) is 11.3 Å². The van der Waals surface area contributed by atoms with E-state index in [1.807, 2.05) is 0 Å². The van der Waals surface area contributed by atoms with Crippen molar-refractivity contribution in [2.24, 2.45) is 0 Å². The Morgan fingerprint density at radius 2 is 2.21 bits per heavy atom. The second kappa shape index (κ2) is 5.66. The van der Waals surface area contributed by atoms with Crippen molar-refractivity contribution in [3.05, 3.63) is 43.5 Å². The van der Waals surface area contributed by atoms with Gasteiger partial charge in [-0.25, -0.2) is 4.39 Å². The van der Waals surface area contributed by atoms with E-state index >= 15 is 0 Å². The van der Waals surface area contributed by atoms with Crippen LogP contribution < -0.4 is 4.87 Å². The van der Waals surface area contributed by atoms with Crippen LogP contribution in [0.3, 0.4) is 0 Å². The number of carbonyl (C=O) groups is 1. The lowest BCUT2D eigenvalue weighted by Gasteiger charge is -2.07. The van der Waals surface area contributed by atoms with E-state index in [1.54, 1.807) is 12.1 Å². The minimum atomic E-state index is -1.00. The van der Waals surface area contributed by atoms with E-state index in [0.29, 0.717) is 10.2 Å². The van der Waals surface area contributed by atoms with Gasteiger partial charge in [-0.3, -0.25) is 14.2 Å². The first-order valence-corrected chi connectivity index (χ1v) is 7.02. The number of carboxylic acids is 1. The van der Waals surface area contributed by atoms with Crippen molar-refractivity contribution in [2.45, 2.75) is 13.0 Å². The van der Waals surface area contributed by atoms with Gasteiger partial charge in [-0.15, -0.1) is 0 Å². The highest BCUT2D eigenvalue weighted by Gasteiger charge is 2.14. The van der Waals surface area contributed by atoms with Crippen molar-refractivity contribution in [3.8, 4) is 11.3 Å². The Balaban J connectivity index is 2.48. The first-order valence-electron chi connectivity index (χ1n) is 5.34. The minimum absolute atomic E-state index is 0.0267. The summed E-state index contributed by atoms with van der Waals surface area (Å²) in [6, 6.07) is 4.42. The maximum Gasteiger partial charge on any atom is 0.307 e. The van der Waals surface area contributed by atoms with Gasteiger partial charge in [0.15, 0.2) is 0 Å². The Hall–Kier alpha value is -1.47. The number of hydrogen-bond donors (Lipinski definition) is 1. The number of aliphatic carboxylic acids is 1. The van der Waals surface area contributed by atoms with Gasteiger partial charge in [0.25, 0.3) is 0 Å². The number of thiazole rings is 1. The Kier molecular flexibility index (Phi) is 4.16. The summed E-state index contributed by atoms with van der Waals surface area (Å²) < 4.78 is 15.8. The Morgan fingerprint density at radius 1 is 1.47 bits per heavy atom. The predicted octanol–water partition coefficient (Wildman–Crippen LogP) is 2.95. The van der Waals surface area contributed by atoms with Crippen LogP contribution in [0.1, 0.15) is 6.42 Å². The lowest BCUT2D eigenvalue weighted by atomic mass is 10.1. The van der Waals surface area contributed by atoms with Gasteiger partial charge in [-0.1, -0.05) is 27.3 Å². The van der Waals surface area contributed by atoms with E-state index in [1.165, 1.54) is 16.0 Å². The monoisotopic (exact) mass is 345 g/mol. The molecule has 0 aliphatic heterocycles. The molecule has 2 rings (SSSR count). The predicted molar refractivity (Wildman–Crippen MR) is 73.9 cm³/mol. The highest BCUT2D eigenvalue weighted by atomic mass is 79.9. The van der Waals surface area contributed by atoms with Gasteiger partial charge in [-0.2, -0.15) is 0 Å². The zero-order valence-electron chi connectivity index (χ0n) is 9.60. The summed E-state index contributed by atoms with van der Waals surface area (Å²) in [5.74, 6) is -1.45. The summed E-state index contributed by atoms with van der Waals surface area (Å²) in [5, 5.41) is 10.2. The fourth-order valence-electron chi connectivity index (χ4n) is 1.65. The highest BCUT2D eigenvalue weighted by molar-refractivity contribution is 9.10. The fourth-order valence-corrected chi connectivity index (χ4v) is 2.80. The van der Waals surface area contributed by atoms with Crippen molar-refractivity contribution in [2.75, 3.05) is 0 Å². The molecule has 0 radical (unpaired) electrons. The molecule has 0 atom stereocenters. The molecule has 0 amide bonds. The SMILES string of the molecule is O=C(O)CCn1c(-c2cc(Br)ccc2F)csc1=O. The number of nitrogens with zero attached hydrogens (tertiary/aromatic N) is 1. The number of benzene rings is 1. The molecule has 0 unspecified atom stereocenters. The third kappa shape index (κ3) is 3.10. The zero-order valence-corrected chi connectivity index (χ0v) is 12.0. The van der Waals surface area contributed by atoms with Crippen molar-refractivity contribution in [1.29, 1.82) is 0 Å². The van der Waals surface area contributed by atoms with Crippen LogP contribution in [0.4, 0.5) is 4.39 Å². The topological polar surface area (TPSA) is 59.3 Å². The first-order chi connectivity index (χ1) is 8.99. The van der Waals surface area contributed by atoms with E-state index in [2.05, 4.69) is 15.9 Å². The highest BCUT2D eigenvalue weighted by Crippen LogP contribution is 2.26. The summed E-state index contributed by atoms with van der Waals surface area (Å²) in [6.45, 7) is 0.0267. The van der Waals surface area contributed by atoms with E-state index in [9.17, 15) is 14.0 Å². The zero-order chi connectivity index (χ0) is 14.0. The maximum absolute atomic E-state index is 13.8. The van der Waals surface area contributed by atoms with E-state index < -0.39 is 11.8 Å². The van der Waals surface area contributed by atoms with Crippen LogP contribution in [-0.2, 0) is 11.3 Å². The molecule has 19 heavy (non-hydrogen) atoms. The normalized spacial score (nSPS) is 10.6. The molecule has 7 heteroatoms. The molecule has 0 aliphatic rings. The largest absolute Gasteiger partial charge is 0.481 e. The maximum atomic E-state index is 13.8. The molecule has 0 fully saturated rings. The van der Waals surface area contributed by atoms with Crippen LogP contribution in [-0.4, -0.2) is 15.6 Å². The van der Waals surface area contributed by atoms with Gasteiger partial charge in [0.2, 0.25) is 0 Å². The summed E-state index contributed by atoms with van der Waals surface area (Å²) in [7, 11) is 0. The molecule has 0 aliphatic carbocycles.